The zero-order valence-electron chi connectivity index (χ0n) is 11.2. The summed E-state index contributed by atoms with van der Waals surface area (Å²) in [6.07, 6.45) is 4.46. The van der Waals surface area contributed by atoms with Gasteiger partial charge in [0.1, 0.15) is 0 Å². The van der Waals surface area contributed by atoms with Gasteiger partial charge in [-0.1, -0.05) is 12.1 Å². The minimum atomic E-state index is -1.01. The fourth-order valence-corrected chi connectivity index (χ4v) is 2.08. The zero-order chi connectivity index (χ0) is 15.5. The number of H-pyrrole nitrogens is 1. The molecule has 7 nitrogen and oxygen atoms in total. The van der Waals surface area contributed by atoms with Gasteiger partial charge in [0.25, 0.3) is 0 Å². The van der Waals surface area contributed by atoms with Crippen molar-refractivity contribution in [3.63, 3.8) is 0 Å². The Kier molecular flexibility index (Phi) is 3.45. The van der Waals surface area contributed by atoms with Gasteiger partial charge in [0.15, 0.2) is 5.76 Å². The monoisotopic (exact) mass is 297 g/mol. The summed E-state index contributed by atoms with van der Waals surface area (Å²) in [5.74, 6) is -1.32. The number of aromatic nitrogens is 1. The standard InChI is InChI=1S/C15H11N3O4/c19-14(12-5-2-6-22-12)18-17-8-9-7-16-13-10(9)3-1-4-11(13)15(20)21/h1-8,16H,(H,18,19)(H,20,21)/b17-8+. The summed E-state index contributed by atoms with van der Waals surface area (Å²) in [6, 6.07) is 8.06. The molecule has 0 saturated carbocycles. The molecule has 110 valence electrons. The fraction of sp³-hybridized carbons (Fsp3) is 0. The number of nitrogens with zero attached hydrogens (tertiary/aromatic N) is 1. The lowest BCUT2D eigenvalue weighted by Crippen LogP contribution is -2.16. The molecule has 3 aromatic rings. The maximum atomic E-state index is 11.6. The molecule has 0 aliphatic rings. The van der Waals surface area contributed by atoms with Crippen LogP contribution >= 0.6 is 0 Å². The van der Waals surface area contributed by atoms with E-state index >= 15 is 0 Å². The van der Waals surface area contributed by atoms with Crippen molar-refractivity contribution < 1.29 is 19.1 Å². The van der Waals surface area contributed by atoms with Crippen molar-refractivity contribution in [2.45, 2.75) is 0 Å². The van der Waals surface area contributed by atoms with E-state index in [1.807, 2.05) is 0 Å². The second-order valence-corrected chi connectivity index (χ2v) is 4.45. The second kappa shape index (κ2) is 5.57. The first kappa shape index (κ1) is 13.6. The Bertz CT molecular complexity index is 862. The smallest absolute Gasteiger partial charge is 0.337 e. The number of aromatic amines is 1. The lowest BCUT2D eigenvalue weighted by atomic mass is 10.1. The number of carbonyl (C=O) groups is 2. The van der Waals surface area contributed by atoms with E-state index in [9.17, 15) is 9.59 Å². The molecule has 2 aromatic heterocycles. The van der Waals surface area contributed by atoms with Gasteiger partial charge in [-0.05, 0) is 18.2 Å². The number of carboxylic acids is 1. The average Bonchev–Trinajstić information content (AvgIpc) is 3.16. The van der Waals surface area contributed by atoms with E-state index in [2.05, 4.69) is 15.5 Å². The normalized spacial score (nSPS) is 11.1. The summed E-state index contributed by atoms with van der Waals surface area (Å²) < 4.78 is 4.94. The Morgan fingerprint density at radius 1 is 1.27 bits per heavy atom. The number of benzene rings is 1. The third-order valence-corrected chi connectivity index (χ3v) is 3.09. The lowest BCUT2D eigenvalue weighted by molar-refractivity contribution is 0.0698. The molecule has 1 amide bonds. The highest BCUT2D eigenvalue weighted by molar-refractivity contribution is 6.07. The number of carboxylic acid groups (broad SMARTS) is 1. The molecule has 0 spiro atoms. The number of hydrazone groups is 1. The average molecular weight is 297 g/mol. The summed E-state index contributed by atoms with van der Waals surface area (Å²) in [5.41, 5.74) is 3.68. The Balaban J connectivity index is 1.82. The van der Waals surface area contributed by atoms with E-state index < -0.39 is 11.9 Å². The fourth-order valence-electron chi connectivity index (χ4n) is 2.08. The molecule has 0 unspecified atom stereocenters. The Hall–Kier alpha value is -3.35. The van der Waals surface area contributed by atoms with E-state index in [0.717, 1.165) is 0 Å². The first-order valence-corrected chi connectivity index (χ1v) is 6.37. The van der Waals surface area contributed by atoms with Crippen LogP contribution in [0, 0.1) is 0 Å². The van der Waals surface area contributed by atoms with Gasteiger partial charge >= 0.3 is 11.9 Å². The summed E-state index contributed by atoms with van der Waals surface area (Å²) in [4.78, 5) is 25.7. The van der Waals surface area contributed by atoms with Gasteiger partial charge < -0.3 is 14.5 Å². The third-order valence-electron chi connectivity index (χ3n) is 3.09. The SMILES string of the molecule is O=C(N/N=C/c1c[nH]c2c(C(=O)O)cccc12)c1ccco1. The lowest BCUT2D eigenvalue weighted by Gasteiger charge is -1.97. The summed E-state index contributed by atoms with van der Waals surface area (Å²) >= 11 is 0. The van der Waals surface area contributed by atoms with E-state index in [0.29, 0.717) is 16.5 Å². The predicted octanol–water partition coefficient (Wildman–Crippen LogP) is 2.22. The van der Waals surface area contributed by atoms with Gasteiger partial charge in [-0.15, -0.1) is 0 Å². The Morgan fingerprint density at radius 3 is 2.86 bits per heavy atom. The molecule has 3 rings (SSSR count). The molecule has 0 atom stereocenters. The van der Waals surface area contributed by atoms with Crippen LogP contribution in [-0.4, -0.2) is 28.2 Å². The van der Waals surface area contributed by atoms with Crippen LogP contribution in [0.25, 0.3) is 10.9 Å². The number of aromatic carboxylic acids is 1. The van der Waals surface area contributed by atoms with Crippen molar-refractivity contribution in [2.75, 3.05) is 0 Å². The number of para-hydroxylation sites is 1. The molecule has 0 aliphatic heterocycles. The van der Waals surface area contributed by atoms with Crippen LogP contribution in [0.4, 0.5) is 0 Å². The Labute approximate surface area is 124 Å². The van der Waals surface area contributed by atoms with Gasteiger partial charge in [-0.3, -0.25) is 4.79 Å². The molecule has 0 radical (unpaired) electrons. The van der Waals surface area contributed by atoms with Crippen LogP contribution < -0.4 is 5.43 Å². The summed E-state index contributed by atoms with van der Waals surface area (Å²) in [6.45, 7) is 0. The summed E-state index contributed by atoms with van der Waals surface area (Å²) in [5, 5.41) is 13.7. The summed E-state index contributed by atoms with van der Waals surface area (Å²) in [7, 11) is 0. The van der Waals surface area contributed by atoms with Crippen LogP contribution in [0.5, 0.6) is 0 Å². The number of hydrogen-bond donors (Lipinski definition) is 3. The number of fused-ring (bicyclic) bond motifs is 1. The van der Waals surface area contributed by atoms with Gasteiger partial charge in [0.2, 0.25) is 0 Å². The first-order valence-electron chi connectivity index (χ1n) is 6.37. The van der Waals surface area contributed by atoms with Gasteiger partial charge in [-0.2, -0.15) is 5.10 Å². The highest BCUT2D eigenvalue weighted by atomic mass is 16.4. The van der Waals surface area contributed by atoms with Crippen molar-refractivity contribution in [2.24, 2.45) is 5.10 Å². The molecule has 1 aromatic carbocycles. The molecular formula is C15H11N3O4. The number of hydrogen-bond acceptors (Lipinski definition) is 4. The van der Waals surface area contributed by atoms with Crippen LogP contribution in [0.15, 0.2) is 52.3 Å². The maximum Gasteiger partial charge on any atom is 0.337 e. The Morgan fingerprint density at radius 2 is 2.14 bits per heavy atom. The van der Waals surface area contributed by atoms with Crippen LogP contribution in [0.1, 0.15) is 26.5 Å². The topological polar surface area (TPSA) is 108 Å². The van der Waals surface area contributed by atoms with Crippen LogP contribution in [-0.2, 0) is 0 Å². The predicted molar refractivity (Wildman–Crippen MR) is 79.0 cm³/mol. The van der Waals surface area contributed by atoms with E-state index in [1.165, 1.54) is 24.6 Å². The minimum Gasteiger partial charge on any atom is -0.478 e. The molecule has 22 heavy (non-hydrogen) atoms. The number of rotatable bonds is 4. The largest absolute Gasteiger partial charge is 0.478 e. The molecule has 3 N–H and O–H groups in total. The van der Waals surface area contributed by atoms with Crippen molar-refractivity contribution in [3.8, 4) is 0 Å². The van der Waals surface area contributed by atoms with Crippen molar-refractivity contribution in [1.29, 1.82) is 0 Å². The van der Waals surface area contributed by atoms with Crippen molar-refractivity contribution >= 4 is 29.0 Å². The molecule has 0 saturated heterocycles. The quantitative estimate of drug-likeness (QED) is 0.507. The van der Waals surface area contributed by atoms with E-state index in [4.69, 9.17) is 9.52 Å². The second-order valence-electron chi connectivity index (χ2n) is 4.45. The maximum absolute atomic E-state index is 11.6. The van der Waals surface area contributed by atoms with Gasteiger partial charge in [0, 0.05) is 17.1 Å². The van der Waals surface area contributed by atoms with Crippen LogP contribution in [0.2, 0.25) is 0 Å². The molecule has 0 fully saturated rings. The minimum absolute atomic E-state index is 0.157. The first-order chi connectivity index (χ1) is 10.7. The van der Waals surface area contributed by atoms with E-state index in [1.54, 1.807) is 24.4 Å². The van der Waals surface area contributed by atoms with Crippen molar-refractivity contribution in [1.82, 2.24) is 10.4 Å². The van der Waals surface area contributed by atoms with Gasteiger partial charge in [0.05, 0.1) is 23.6 Å². The third kappa shape index (κ3) is 2.47. The molecule has 0 bridgehead atoms. The molecule has 0 aliphatic carbocycles. The zero-order valence-corrected chi connectivity index (χ0v) is 11.2. The number of furan rings is 1. The highest BCUT2D eigenvalue weighted by Gasteiger charge is 2.11. The molecule has 2 heterocycles. The molecule has 7 heteroatoms. The van der Waals surface area contributed by atoms with E-state index in [-0.39, 0.29) is 11.3 Å². The molecular weight excluding hydrogens is 286 g/mol. The van der Waals surface area contributed by atoms with Gasteiger partial charge in [-0.25, -0.2) is 10.2 Å². The number of amides is 1. The highest BCUT2D eigenvalue weighted by Crippen LogP contribution is 2.20. The van der Waals surface area contributed by atoms with Crippen molar-refractivity contribution in [3.05, 3.63) is 59.7 Å². The van der Waals surface area contributed by atoms with Crippen LogP contribution in [0.3, 0.4) is 0 Å². The number of carbonyl (C=O) groups excluding carboxylic acids is 1. The number of nitrogens with one attached hydrogen (secondary N) is 2.